The number of alkyl carbamates (subject to hydrolysis) is 1. The van der Waals surface area contributed by atoms with Crippen molar-refractivity contribution < 1.29 is 28.7 Å². The van der Waals surface area contributed by atoms with Gasteiger partial charge >= 0.3 is 12.1 Å². The van der Waals surface area contributed by atoms with Gasteiger partial charge in [-0.1, -0.05) is 0 Å². The predicted molar refractivity (Wildman–Crippen MR) is 99.5 cm³/mol. The van der Waals surface area contributed by atoms with Gasteiger partial charge in [-0.3, -0.25) is 14.4 Å². The summed E-state index contributed by atoms with van der Waals surface area (Å²) in [6.07, 6.45) is -1.68. The number of hydrogen-bond donors (Lipinski definition) is 2. The molecular formula is C19H26N2O6. The fraction of sp³-hybridized carbons (Fsp3) is 0.474. The molecule has 0 aliphatic heterocycles. The molecule has 0 aliphatic carbocycles. The van der Waals surface area contributed by atoms with Gasteiger partial charge in [0.25, 0.3) is 0 Å². The van der Waals surface area contributed by atoms with Crippen LogP contribution in [0.3, 0.4) is 0 Å². The highest BCUT2D eigenvalue weighted by Gasteiger charge is 2.20. The van der Waals surface area contributed by atoms with Crippen molar-refractivity contribution in [2.45, 2.75) is 52.7 Å². The summed E-state index contributed by atoms with van der Waals surface area (Å²) < 4.78 is 10.1. The van der Waals surface area contributed by atoms with Gasteiger partial charge in [0.05, 0.1) is 6.42 Å². The lowest BCUT2D eigenvalue weighted by atomic mass is 10.1. The summed E-state index contributed by atoms with van der Waals surface area (Å²) in [4.78, 5) is 46.6. The van der Waals surface area contributed by atoms with Gasteiger partial charge in [0.15, 0.2) is 6.10 Å². The van der Waals surface area contributed by atoms with Crippen molar-refractivity contribution in [2.75, 3.05) is 11.9 Å². The van der Waals surface area contributed by atoms with Gasteiger partial charge in [0.1, 0.15) is 5.60 Å². The highest BCUT2D eigenvalue weighted by molar-refractivity contribution is 6.00. The lowest BCUT2D eigenvalue weighted by molar-refractivity contribution is -0.146. The lowest BCUT2D eigenvalue weighted by Gasteiger charge is -2.19. The number of anilines is 1. The first-order valence-electron chi connectivity index (χ1n) is 8.56. The molecule has 2 N–H and O–H groups in total. The third-order valence-electron chi connectivity index (χ3n) is 3.16. The Bertz CT molecular complexity index is 691. The Morgan fingerprint density at radius 1 is 1.07 bits per heavy atom. The monoisotopic (exact) mass is 378 g/mol. The third kappa shape index (κ3) is 8.84. The molecule has 8 nitrogen and oxygen atoms in total. The van der Waals surface area contributed by atoms with Gasteiger partial charge in [-0.2, -0.15) is 0 Å². The van der Waals surface area contributed by atoms with E-state index in [0.29, 0.717) is 11.3 Å². The second-order valence-corrected chi connectivity index (χ2v) is 6.93. The summed E-state index contributed by atoms with van der Waals surface area (Å²) in [6.45, 7) is 8.10. The topological polar surface area (TPSA) is 111 Å². The summed E-state index contributed by atoms with van der Waals surface area (Å²) in [5, 5.41) is 5.04. The number of benzene rings is 1. The molecule has 1 aromatic carbocycles. The van der Waals surface area contributed by atoms with Crippen LogP contribution in [0, 0.1) is 0 Å². The number of amides is 2. The molecule has 0 heterocycles. The van der Waals surface area contributed by atoms with E-state index < -0.39 is 23.8 Å². The van der Waals surface area contributed by atoms with Gasteiger partial charge in [0.2, 0.25) is 11.7 Å². The van der Waals surface area contributed by atoms with Gasteiger partial charge in [0, 0.05) is 24.7 Å². The van der Waals surface area contributed by atoms with Gasteiger partial charge < -0.3 is 20.1 Å². The van der Waals surface area contributed by atoms with Gasteiger partial charge in [-0.15, -0.1) is 0 Å². The molecule has 0 aromatic heterocycles. The molecule has 0 spiro atoms. The van der Waals surface area contributed by atoms with Crippen LogP contribution in [-0.2, 0) is 19.1 Å². The smallest absolute Gasteiger partial charge is 0.407 e. The Morgan fingerprint density at radius 2 is 1.67 bits per heavy atom. The second kappa shape index (κ2) is 9.70. The van der Waals surface area contributed by atoms with Crippen LogP contribution in [0.5, 0.6) is 0 Å². The number of rotatable bonds is 7. The Morgan fingerprint density at radius 3 is 2.19 bits per heavy atom. The maximum Gasteiger partial charge on any atom is 0.407 e. The SMILES string of the molecule is CC(=O)Nc1ccc(C(=O)[C@@H](C)OC(=O)CCNC(=O)OC(C)(C)C)cc1. The molecule has 0 saturated heterocycles. The molecule has 0 fully saturated rings. The van der Waals surface area contributed by atoms with E-state index in [0.717, 1.165) is 0 Å². The largest absolute Gasteiger partial charge is 0.454 e. The Labute approximate surface area is 158 Å². The van der Waals surface area contributed by atoms with Crippen molar-refractivity contribution in [1.29, 1.82) is 0 Å². The molecule has 148 valence electrons. The van der Waals surface area contributed by atoms with Gasteiger partial charge in [-0.25, -0.2) is 4.79 Å². The molecule has 1 aromatic rings. The molecule has 0 saturated carbocycles. The average Bonchev–Trinajstić information content (AvgIpc) is 2.52. The highest BCUT2D eigenvalue weighted by atomic mass is 16.6. The standard InChI is InChI=1S/C19H26N2O6/c1-12(17(24)14-6-8-15(9-7-14)21-13(2)22)26-16(23)10-11-20-18(25)27-19(3,4)5/h6-9,12H,10-11H2,1-5H3,(H,20,25)(H,21,22)/t12-/m1/s1. The molecule has 2 amide bonds. The molecule has 8 heteroatoms. The minimum absolute atomic E-state index is 0.0417. The van der Waals surface area contributed by atoms with Crippen LogP contribution in [0.2, 0.25) is 0 Å². The molecule has 27 heavy (non-hydrogen) atoms. The number of ether oxygens (including phenoxy) is 2. The lowest BCUT2D eigenvalue weighted by Crippen LogP contribution is -2.34. The first-order chi connectivity index (χ1) is 12.5. The number of ketones is 1. The zero-order chi connectivity index (χ0) is 20.6. The van der Waals surface area contributed by atoms with Crippen LogP contribution in [0.4, 0.5) is 10.5 Å². The zero-order valence-electron chi connectivity index (χ0n) is 16.3. The number of hydrogen-bond acceptors (Lipinski definition) is 6. The summed E-state index contributed by atoms with van der Waals surface area (Å²) in [7, 11) is 0. The second-order valence-electron chi connectivity index (χ2n) is 6.93. The minimum Gasteiger partial charge on any atom is -0.454 e. The van der Waals surface area contributed by atoms with Crippen LogP contribution in [-0.4, -0.2) is 42.0 Å². The van der Waals surface area contributed by atoms with E-state index in [4.69, 9.17) is 9.47 Å². The Kier molecular flexibility index (Phi) is 7.96. The number of Topliss-reactive ketones (excluding diaryl/α,β-unsaturated/α-hetero) is 1. The number of esters is 1. The van der Waals surface area contributed by atoms with Gasteiger partial charge in [-0.05, 0) is 52.0 Å². The average molecular weight is 378 g/mol. The summed E-state index contributed by atoms with van der Waals surface area (Å²) in [5.41, 5.74) is 0.300. The zero-order valence-corrected chi connectivity index (χ0v) is 16.3. The minimum atomic E-state index is -0.967. The summed E-state index contributed by atoms with van der Waals surface area (Å²) >= 11 is 0. The van der Waals surface area contributed by atoms with Crippen LogP contribution in [0.25, 0.3) is 0 Å². The van der Waals surface area contributed by atoms with E-state index in [-0.39, 0.29) is 24.7 Å². The van der Waals surface area contributed by atoms with Crippen molar-refractivity contribution in [1.82, 2.24) is 5.32 Å². The Hall–Kier alpha value is -2.90. The molecular weight excluding hydrogens is 352 g/mol. The van der Waals surface area contributed by atoms with Crippen LogP contribution in [0.15, 0.2) is 24.3 Å². The van der Waals surface area contributed by atoms with Crippen molar-refractivity contribution in [3.63, 3.8) is 0 Å². The van der Waals surface area contributed by atoms with Crippen molar-refractivity contribution in [2.24, 2.45) is 0 Å². The molecule has 0 unspecified atom stereocenters. The van der Waals surface area contributed by atoms with Crippen molar-refractivity contribution in [3.8, 4) is 0 Å². The fourth-order valence-corrected chi connectivity index (χ4v) is 2.05. The molecule has 1 atom stereocenters. The van der Waals surface area contributed by atoms with Crippen LogP contribution >= 0.6 is 0 Å². The van der Waals surface area contributed by atoms with E-state index in [2.05, 4.69) is 10.6 Å². The summed E-state index contributed by atoms with van der Waals surface area (Å²) in [6, 6.07) is 6.27. The van der Waals surface area contributed by atoms with E-state index >= 15 is 0 Å². The van der Waals surface area contributed by atoms with E-state index in [1.165, 1.54) is 13.8 Å². The first-order valence-corrected chi connectivity index (χ1v) is 8.56. The van der Waals surface area contributed by atoms with Crippen LogP contribution in [0.1, 0.15) is 51.4 Å². The normalized spacial score (nSPS) is 11.9. The number of carbonyl (C=O) groups excluding carboxylic acids is 4. The maximum absolute atomic E-state index is 12.3. The predicted octanol–water partition coefficient (Wildman–Crippen LogP) is 2.67. The van der Waals surface area contributed by atoms with Crippen molar-refractivity contribution in [3.05, 3.63) is 29.8 Å². The highest BCUT2D eigenvalue weighted by Crippen LogP contribution is 2.13. The molecule has 1 rings (SSSR count). The maximum atomic E-state index is 12.3. The molecule has 0 aliphatic rings. The van der Waals surface area contributed by atoms with E-state index in [1.54, 1.807) is 45.0 Å². The van der Waals surface area contributed by atoms with Crippen LogP contribution < -0.4 is 10.6 Å². The molecule has 0 radical (unpaired) electrons. The first kappa shape index (κ1) is 22.1. The van der Waals surface area contributed by atoms with Crippen molar-refractivity contribution >= 4 is 29.4 Å². The Balaban J connectivity index is 2.44. The third-order valence-corrected chi connectivity index (χ3v) is 3.16. The van der Waals surface area contributed by atoms with E-state index in [9.17, 15) is 19.2 Å². The number of carbonyl (C=O) groups is 4. The molecule has 0 bridgehead atoms. The quantitative estimate of drug-likeness (QED) is 0.557. The summed E-state index contributed by atoms with van der Waals surface area (Å²) in [5.74, 6) is -1.18. The fourth-order valence-electron chi connectivity index (χ4n) is 2.05. The van der Waals surface area contributed by atoms with E-state index in [1.807, 2.05) is 0 Å². The number of nitrogens with one attached hydrogen (secondary N) is 2.